The summed E-state index contributed by atoms with van der Waals surface area (Å²) in [4.78, 5) is 4.05. The maximum absolute atomic E-state index is 5.73. The fourth-order valence-corrected chi connectivity index (χ4v) is 2.61. The number of fused-ring (bicyclic) bond motifs is 1. The van der Waals surface area contributed by atoms with Crippen molar-refractivity contribution in [2.24, 2.45) is 0 Å². The van der Waals surface area contributed by atoms with E-state index >= 15 is 0 Å². The zero-order chi connectivity index (χ0) is 14.9. The molecule has 0 bridgehead atoms. The van der Waals surface area contributed by atoms with Gasteiger partial charge in [-0.1, -0.05) is 15.9 Å². The molecule has 108 valence electrons. The first-order valence-electron chi connectivity index (χ1n) is 6.67. The van der Waals surface area contributed by atoms with Crippen molar-refractivity contribution in [3.05, 3.63) is 58.7 Å². The second-order valence-electron chi connectivity index (χ2n) is 4.79. The minimum atomic E-state index is 0.406. The molecule has 0 unspecified atom stereocenters. The van der Waals surface area contributed by atoms with Gasteiger partial charge in [0.25, 0.3) is 0 Å². The van der Waals surface area contributed by atoms with E-state index in [1.165, 1.54) is 0 Å². The Labute approximate surface area is 134 Å². The molecule has 0 amide bonds. The minimum Gasteiger partial charge on any atom is -0.488 e. The predicted molar refractivity (Wildman–Crippen MR) is 85.0 cm³/mol. The number of hydrogen-bond donors (Lipinski definition) is 0. The van der Waals surface area contributed by atoms with Crippen molar-refractivity contribution in [2.75, 3.05) is 6.61 Å². The Morgan fingerprint density at radius 1 is 1.09 bits per heavy atom. The SMILES string of the molecule is Brc1ccc2c(c1)C=C(c1nnc(-c3cccnc3)o1)CO2. The summed E-state index contributed by atoms with van der Waals surface area (Å²) in [6, 6.07) is 9.58. The molecule has 0 fully saturated rings. The van der Waals surface area contributed by atoms with Crippen LogP contribution in [-0.2, 0) is 0 Å². The lowest BCUT2D eigenvalue weighted by Crippen LogP contribution is -2.06. The van der Waals surface area contributed by atoms with E-state index in [9.17, 15) is 0 Å². The van der Waals surface area contributed by atoms with E-state index in [0.29, 0.717) is 18.4 Å². The standard InChI is InChI=1S/C16H10BrN3O2/c17-13-3-4-14-11(7-13)6-12(9-21-14)16-20-19-15(22-16)10-2-1-5-18-8-10/h1-8H,9H2. The van der Waals surface area contributed by atoms with Crippen LogP contribution in [0.2, 0.25) is 0 Å². The van der Waals surface area contributed by atoms with Crippen LogP contribution in [0.1, 0.15) is 11.5 Å². The highest BCUT2D eigenvalue weighted by Crippen LogP contribution is 2.32. The number of rotatable bonds is 2. The van der Waals surface area contributed by atoms with Crippen LogP contribution in [0, 0.1) is 0 Å². The molecule has 0 saturated carbocycles. The monoisotopic (exact) mass is 355 g/mol. The van der Waals surface area contributed by atoms with Gasteiger partial charge in [0.1, 0.15) is 12.4 Å². The Morgan fingerprint density at radius 2 is 2.00 bits per heavy atom. The molecule has 5 nitrogen and oxygen atoms in total. The highest BCUT2D eigenvalue weighted by atomic mass is 79.9. The lowest BCUT2D eigenvalue weighted by atomic mass is 10.1. The van der Waals surface area contributed by atoms with Crippen molar-refractivity contribution < 1.29 is 9.15 Å². The van der Waals surface area contributed by atoms with Gasteiger partial charge in [0.05, 0.1) is 11.1 Å². The zero-order valence-electron chi connectivity index (χ0n) is 11.4. The molecule has 22 heavy (non-hydrogen) atoms. The quantitative estimate of drug-likeness (QED) is 0.699. The molecular weight excluding hydrogens is 346 g/mol. The van der Waals surface area contributed by atoms with Crippen molar-refractivity contribution in [3.63, 3.8) is 0 Å². The maximum Gasteiger partial charge on any atom is 0.249 e. The summed E-state index contributed by atoms with van der Waals surface area (Å²) >= 11 is 3.46. The second kappa shape index (κ2) is 5.38. The number of benzene rings is 1. The topological polar surface area (TPSA) is 61.0 Å². The van der Waals surface area contributed by atoms with E-state index in [-0.39, 0.29) is 0 Å². The summed E-state index contributed by atoms with van der Waals surface area (Å²) in [5.74, 6) is 1.76. The first-order valence-corrected chi connectivity index (χ1v) is 7.46. The molecule has 0 saturated heterocycles. The third kappa shape index (κ3) is 2.42. The van der Waals surface area contributed by atoms with Crippen molar-refractivity contribution in [1.82, 2.24) is 15.2 Å². The van der Waals surface area contributed by atoms with Crippen LogP contribution in [-0.4, -0.2) is 21.8 Å². The van der Waals surface area contributed by atoms with Gasteiger partial charge in [-0.25, -0.2) is 0 Å². The summed E-state index contributed by atoms with van der Waals surface area (Å²) in [6.07, 6.45) is 5.40. The maximum atomic E-state index is 5.73. The van der Waals surface area contributed by atoms with Gasteiger partial charge in [0, 0.05) is 22.4 Å². The third-order valence-electron chi connectivity index (χ3n) is 3.29. The lowest BCUT2D eigenvalue weighted by molar-refractivity contribution is 0.361. The summed E-state index contributed by atoms with van der Waals surface area (Å²) in [7, 11) is 0. The van der Waals surface area contributed by atoms with Crippen LogP contribution in [0.3, 0.4) is 0 Å². The molecule has 3 heterocycles. The fraction of sp³-hybridized carbons (Fsp3) is 0.0625. The van der Waals surface area contributed by atoms with Gasteiger partial charge in [-0.2, -0.15) is 0 Å². The molecule has 1 aromatic carbocycles. The second-order valence-corrected chi connectivity index (χ2v) is 5.71. The number of halogens is 1. The molecule has 3 aromatic rings. The average molecular weight is 356 g/mol. The van der Waals surface area contributed by atoms with Crippen LogP contribution in [0.25, 0.3) is 23.1 Å². The van der Waals surface area contributed by atoms with E-state index < -0.39 is 0 Å². The molecule has 0 radical (unpaired) electrons. The Bertz CT molecular complexity index is 859. The first-order chi connectivity index (χ1) is 10.8. The van der Waals surface area contributed by atoms with E-state index in [1.54, 1.807) is 12.4 Å². The van der Waals surface area contributed by atoms with Gasteiger partial charge >= 0.3 is 0 Å². The van der Waals surface area contributed by atoms with E-state index in [2.05, 4.69) is 31.1 Å². The van der Waals surface area contributed by atoms with Crippen molar-refractivity contribution >= 4 is 27.6 Å². The Balaban J connectivity index is 1.70. The summed E-state index contributed by atoms with van der Waals surface area (Å²) in [6.45, 7) is 0.406. The Hall–Kier alpha value is -2.47. The van der Waals surface area contributed by atoms with Crippen molar-refractivity contribution in [1.29, 1.82) is 0 Å². The lowest BCUT2D eigenvalue weighted by Gasteiger charge is -2.16. The smallest absolute Gasteiger partial charge is 0.249 e. The highest BCUT2D eigenvalue weighted by Gasteiger charge is 2.18. The molecule has 6 heteroatoms. The minimum absolute atomic E-state index is 0.406. The number of pyridine rings is 1. The largest absolute Gasteiger partial charge is 0.488 e. The van der Waals surface area contributed by atoms with Gasteiger partial charge in [-0.3, -0.25) is 4.98 Å². The van der Waals surface area contributed by atoms with E-state index in [1.807, 2.05) is 36.4 Å². The zero-order valence-corrected chi connectivity index (χ0v) is 12.9. The van der Waals surface area contributed by atoms with Crippen molar-refractivity contribution in [3.8, 4) is 17.2 Å². The van der Waals surface area contributed by atoms with E-state index in [0.717, 1.165) is 26.9 Å². The normalized spacial score (nSPS) is 13.2. The van der Waals surface area contributed by atoms with Crippen molar-refractivity contribution in [2.45, 2.75) is 0 Å². The fourth-order valence-electron chi connectivity index (χ4n) is 2.23. The van der Waals surface area contributed by atoms with Crippen LogP contribution >= 0.6 is 15.9 Å². The summed E-state index contributed by atoms with van der Waals surface area (Å²) in [5, 5.41) is 8.18. The van der Waals surface area contributed by atoms with Crippen LogP contribution in [0.15, 0.2) is 51.6 Å². The molecule has 0 aliphatic carbocycles. The number of ether oxygens (including phenoxy) is 1. The molecule has 4 rings (SSSR count). The Morgan fingerprint density at radius 3 is 2.86 bits per heavy atom. The van der Waals surface area contributed by atoms with Crippen LogP contribution < -0.4 is 4.74 Å². The van der Waals surface area contributed by atoms with Gasteiger partial charge in [-0.15, -0.1) is 10.2 Å². The third-order valence-corrected chi connectivity index (χ3v) is 3.79. The molecule has 0 N–H and O–H groups in total. The first kappa shape index (κ1) is 13.2. The summed E-state index contributed by atoms with van der Waals surface area (Å²) in [5.41, 5.74) is 2.63. The number of nitrogens with zero attached hydrogens (tertiary/aromatic N) is 3. The summed E-state index contributed by atoms with van der Waals surface area (Å²) < 4.78 is 12.5. The molecular formula is C16H10BrN3O2. The van der Waals surface area contributed by atoms with Gasteiger partial charge in [-0.05, 0) is 36.4 Å². The highest BCUT2D eigenvalue weighted by molar-refractivity contribution is 9.10. The van der Waals surface area contributed by atoms with Gasteiger partial charge in [0.2, 0.25) is 11.8 Å². The molecule has 2 aromatic heterocycles. The van der Waals surface area contributed by atoms with Gasteiger partial charge in [0.15, 0.2) is 0 Å². The Kier molecular flexibility index (Phi) is 3.23. The molecule has 0 atom stereocenters. The molecule has 0 spiro atoms. The van der Waals surface area contributed by atoms with E-state index in [4.69, 9.17) is 9.15 Å². The molecule has 1 aliphatic heterocycles. The van der Waals surface area contributed by atoms with Crippen LogP contribution in [0.5, 0.6) is 5.75 Å². The van der Waals surface area contributed by atoms with Gasteiger partial charge < -0.3 is 9.15 Å². The van der Waals surface area contributed by atoms with Crippen LogP contribution in [0.4, 0.5) is 0 Å². The molecule has 1 aliphatic rings. The number of aromatic nitrogens is 3. The average Bonchev–Trinajstić information content (AvgIpc) is 3.05. The predicted octanol–water partition coefficient (Wildman–Crippen LogP) is 3.83. The number of hydrogen-bond acceptors (Lipinski definition) is 5.